The molecule has 21 heavy (non-hydrogen) atoms. The molecule has 120 valence electrons. The second-order valence-electron chi connectivity index (χ2n) is 6.18. The third kappa shape index (κ3) is 3.07. The molecule has 2 fully saturated rings. The minimum Gasteiger partial charge on any atom is -0.376 e. The molecule has 5 nitrogen and oxygen atoms in total. The molecule has 2 heterocycles. The zero-order valence-electron chi connectivity index (χ0n) is 13.5. The summed E-state index contributed by atoms with van der Waals surface area (Å²) >= 11 is 0. The van der Waals surface area contributed by atoms with Gasteiger partial charge in [-0.25, -0.2) is 0 Å². The first kappa shape index (κ1) is 16.3. The maximum atomic E-state index is 13.0. The molecule has 2 unspecified atom stereocenters. The fraction of sp³-hybridized carbons (Fsp3) is 0.875. The third-order valence-corrected chi connectivity index (χ3v) is 4.91. The lowest BCUT2D eigenvalue weighted by molar-refractivity contribution is -0.157. The summed E-state index contributed by atoms with van der Waals surface area (Å²) in [6.07, 6.45) is 4.99. The van der Waals surface area contributed by atoms with Crippen molar-refractivity contribution in [3.63, 3.8) is 0 Å². The topological polar surface area (TPSA) is 58.6 Å². The standard InChI is InChI=1S/C16H28N2O3/c1-4-8-13-14(19)17-16(5-2,6-3)15(20)18(13)11-12-9-7-10-21-12/h12-13H,4-11H2,1-3H3,(H,17,19). The Bertz CT molecular complexity index is 387. The van der Waals surface area contributed by atoms with Gasteiger partial charge in [0.2, 0.25) is 11.8 Å². The molecule has 2 atom stereocenters. The summed E-state index contributed by atoms with van der Waals surface area (Å²) in [5, 5.41) is 3.00. The van der Waals surface area contributed by atoms with Gasteiger partial charge in [-0.1, -0.05) is 27.2 Å². The first-order valence-corrected chi connectivity index (χ1v) is 8.32. The lowest BCUT2D eigenvalue weighted by Gasteiger charge is -2.46. The summed E-state index contributed by atoms with van der Waals surface area (Å²) in [4.78, 5) is 27.3. The molecule has 0 saturated carbocycles. The van der Waals surface area contributed by atoms with Gasteiger partial charge in [0.15, 0.2) is 0 Å². The van der Waals surface area contributed by atoms with Crippen LogP contribution in [-0.4, -0.2) is 47.6 Å². The van der Waals surface area contributed by atoms with Gasteiger partial charge < -0.3 is 15.0 Å². The molecule has 0 aromatic rings. The summed E-state index contributed by atoms with van der Waals surface area (Å²) in [5.41, 5.74) is -0.722. The maximum absolute atomic E-state index is 13.0. The highest BCUT2D eigenvalue weighted by Crippen LogP contribution is 2.28. The Kier molecular flexibility index (Phi) is 5.25. The van der Waals surface area contributed by atoms with Crippen molar-refractivity contribution in [1.82, 2.24) is 10.2 Å². The monoisotopic (exact) mass is 296 g/mol. The van der Waals surface area contributed by atoms with Crippen molar-refractivity contribution >= 4 is 11.8 Å². The molecule has 0 radical (unpaired) electrons. The Balaban J connectivity index is 2.22. The van der Waals surface area contributed by atoms with Gasteiger partial charge in [0.25, 0.3) is 0 Å². The summed E-state index contributed by atoms with van der Waals surface area (Å²) in [6, 6.07) is -0.335. The summed E-state index contributed by atoms with van der Waals surface area (Å²) in [6.45, 7) is 7.30. The highest BCUT2D eigenvalue weighted by Gasteiger charge is 2.49. The van der Waals surface area contributed by atoms with Crippen LogP contribution < -0.4 is 5.32 Å². The fourth-order valence-corrected chi connectivity index (χ4v) is 3.44. The van der Waals surface area contributed by atoms with E-state index < -0.39 is 5.54 Å². The Morgan fingerprint density at radius 3 is 2.52 bits per heavy atom. The van der Waals surface area contributed by atoms with E-state index in [4.69, 9.17) is 4.74 Å². The van der Waals surface area contributed by atoms with Crippen LogP contribution in [0.15, 0.2) is 0 Å². The molecule has 2 rings (SSSR count). The molecule has 2 saturated heterocycles. The minimum absolute atomic E-state index is 0.00172. The van der Waals surface area contributed by atoms with Crippen LogP contribution in [0.2, 0.25) is 0 Å². The van der Waals surface area contributed by atoms with E-state index in [0.29, 0.717) is 25.8 Å². The first-order chi connectivity index (χ1) is 10.1. The van der Waals surface area contributed by atoms with Crippen LogP contribution in [0.1, 0.15) is 59.3 Å². The molecule has 0 aliphatic carbocycles. The zero-order valence-corrected chi connectivity index (χ0v) is 13.5. The van der Waals surface area contributed by atoms with Crippen molar-refractivity contribution in [3.05, 3.63) is 0 Å². The van der Waals surface area contributed by atoms with Gasteiger partial charge in [0.1, 0.15) is 11.6 Å². The van der Waals surface area contributed by atoms with Gasteiger partial charge in [-0.05, 0) is 32.1 Å². The molecule has 2 aliphatic heterocycles. The van der Waals surface area contributed by atoms with Crippen molar-refractivity contribution in [1.29, 1.82) is 0 Å². The molecule has 0 spiro atoms. The Morgan fingerprint density at radius 2 is 2.00 bits per heavy atom. The van der Waals surface area contributed by atoms with Crippen LogP contribution in [0, 0.1) is 0 Å². The number of carbonyl (C=O) groups is 2. The molecule has 0 aromatic carbocycles. The van der Waals surface area contributed by atoms with E-state index in [9.17, 15) is 9.59 Å². The number of rotatable bonds is 6. The van der Waals surface area contributed by atoms with Crippen LogP contribution in [-0.2, 0) is 14.3 Å². The van der Waals surface area contributed by atoms with Crippen molar-refractivity contribution < 1.29 is 14.3 Å². The molecule has 5 heteroatoms. The van der Waals surface area contributed by atoms with E-state index in [-0.39, 0.29) is 24.0 Å². The predicted molar refractivity (Wildman–Crippen MR) is 80.8 cm³/mol. The van der Waals surface area contributed by atoms with E-state index >= 15 is 0 Å². The third-order valence-electron chi connectivity index (χ3n) is 4.91. The van der Waals surface area contributed by atoms with E-state index in [1.54, 1.807) is 4.90 Å². The summed E-state index contributed by atoms with van der Waals surface area (Å²) in [5.74, 6) is 0.0687. The zero-order chi connectivity index (χ0) is 15.5. The molecular weight excluding hydrogens is 268 g/mol. The lowest BCUT2D eigenvalue weighted by atomic mass is 9.86. The van der Waals surface area contributed by atoms with Crippen LogP contribution in [0.25, 0.3) is 0 Å². The average Bonchev–Trinajstić information content (AvgIpc) is 2.99. The Hall–Kier alpha value is -1.10. The highest BCUT2D eigenvalue weighted by atomic mass is 16.5. The number of hydrogen-bond acceptors (Lipinski definition) is 3. The van der Waals surface area contributed by atoms with Crippen molar-refractivity contribution in [3.8, 4) is 0 Å². The number of hydrogen-bond donors (Lipinski definition) is 1. The minimum atomic E-state index is -0.722. The number of ether oxygens (including phenoxy) is 1. The second kappa shape index (κ2) is 6.77. The van der Waals surface area contributed by atoms with E-state index in [1.165, 1.54) is 0 Å². The van der Waals surface area contributed by atoms with Crippen LogP contribution >= 0.6 is 0 Å². The normalized spacial score (nSPS) is 28.8. The number of amides is 2. The average molecular weight is 296 g/mol. The fourth-order valence-electron chi connectivity index (χ4n) is 3.44. The quantitative estimate of drug-likeness (QED) is 0.814. The van der Waals surface area contributed by atoms with Crippen molar-refractivity contribution in [2.75, 3.05) is 13.2 Å². The Labute approximate surface area is 127 Å². The summed E-state index contributed by atoms with van der Waals surface area (Å²) < 4.78 is 5.68. The van der Waals surface area contributed by atoms with E-state index in [2.05, 4.69) is 5.32 Å². The van der Waals surface area contributed by atoms with Crippen LogP contribution in [0.5, 0.6) is 0 Å². The first-order valence-electron chi connectivity index (χ1n) is 8.32. The molecular formula is C16H28N2O3. The molecule has 0 bridgehead atoms. The van der Waals surface area contributed by atoms with Gasteiger partial charge in [0, 0.05) is 13.2 Å². The smallest absolute Gasteiger partial charge is 0.249 e. The maximum Gasteiger partial charge on any atom is 0.249 e. The molecule has 0 aromatic heterocycles. The highest BCUT2D eigenvalue weighted by molar-refractivity contribution is 5.99. The predicted octanol–water partition coefficient (Wildman–Crippen LogP) is 1.85. The SMILES string of the molecule is CCCC1C(=O)NC(CC)(CC)C(=O)N1CC1CCCO1. The van der Waals surface area contributed by atoms with Crippen LogP contribution in [0.4, 0.5) is 0 Å². The molecule has 1 N–H and O–H groups in total. The van der Waals surface area contributed by atoms with Crippen LogP contribution in [0.3, 0.4) is 0 Å². The van der Waals surface area contributed by atoms with E-state index in [1.807, 2.05) is 20.8 Å². The van der Waals surface area contributed by atoms with Gasteiger partial charge >= 0.3 is 0 Å². The molecule has 2 amide bonds. The van der Waals surface area contributed by atoms with Gasteiger partial charge in [-0.15, -0.1) is 0 Å². The van der Waals surface area contributed by atoms with Gasteiger partial charge in [-0.2, -0.15) is 0 Å². The van der Waals surface area contributed by atoms with Gasteiger partial charge in [-0.3, -0.25) is 9.59 Å². The van der Waals surface area contributed by atoms with Crippen molar-refractivity contribution in [2.45, 2.75) is 77.0 Å². The second-order valence-corrected chi connectivity index (χ2v) is 6.18. The lowest BCUT2D eigenvalue weighted by Crippen LogP contribution is -2.70. The number of nitrogens with one attached hydrogen (secondary N) is 1. The van der Waals surface area contributed by atoms with E-state index in [0.717, 1.165) is 25.9 Å². The Morgan fingerprint density at radius 1 is 1.29 bits per heavy atom. The number of carbonyl (C=O) groups excluding carboxylic acids is 2. The largest absolute Gasteiger partial charge is 0.376 e. The number of piperazine rings is 1. The van der Waals surface area contributed by atoms with Gasteiger partial charge in [0.05, 0.1) is 6.10 Å². The molecule has 2 aliphatic rings. The summed E-state index contributed by atoms with van der Waals surface area (Å²) in [7, 11) is 0. The van der Waals surface area contributed by atoms with Crippen molar-refractivity contribution in [2.24, 2.45) is 0 Å². The number of nitrogens with zero attached hydrogens (tertiary/aromatic N) is 1.